The molecule has 2 atom stereocenters. The van der Waals surface area contributed by atoms with Gasteiger partial charge in [-0.1, -0.05) is 6.07 Å². The lowest BCUT2D eigenvalue weighted by Gasteiger charge is -2.30. The Bertz CT molecular complexity index is 757. The van der Waals surface area contributed by atoms with Gasteiger partial charge < -0.3 is 9.64 Å². The number of nitrogens with zero attached hydrogens (tertiary/aromatic N) is 1. The topological polar surface area (TPSA) is 63.7 Å². The number of carbonyl (C=O) groups excluding carboxylic acids is 1. The standard InChI is InChI=1S/C19H27NO4S2/c1-14-5-6-18(10-15(14)2)25-12-19(21)20(11-17-4-3-8-24-17)16-7-9-26(22,23)13-16/h5-6,10,16-17H,3-4,7-9,11-13H2,1-2H3/t16-,17-/m1/s1. The molecule has 2 saturated heterocycles. The Balaban J connectivity index is 1.66. The predicted molar refractivity (Wildman–Crippen MR) is 104 cm³/mol. The number of hydrogen-bond acceptors (Lipinski definition) is 5. The number of thioether (sulfide) groups is 1. The van der Waals surface area contributed by atoms with E-state index in [1.807, 2.05) is 6.07 Å². The van der Waals surface area contributed by atoms with Crippen LogP contribution in [0.4, 0.5) is 0 Å². The number of ether oxygens (including phenoxy) is 1. The summed E-state index contributed by atoms with van der Waals surface area (Å²) in [5.41, 5.74) is 2.44. The maximum Gasteiger partial charge on any atom is 0.233 e. The Morgan fingerprint density at radius 3 is 2.69 bits per heavy atom. The Labute approximate surface area is 160 Å². The number of amides is 1. The highest BCUT2D eigenvalue weighted by atomic mass is 32.2. The molecule has 1 amide bonds. The molecule has 2 heterocycles. The molecule has 0 saturated carbocycles. The maximum absolute atomic E-state index is 12.9. The minimum absolute atomic E-state index is 0.00540. The number of hydrogen-bond donors (Lipinski definition) is 0. The zero-order valence-electron chi connectivity index (χ0n) is 15.4. The molecule has 0 N–H and O–H groups in total. The third-order valence-electron chi connectivity index (χ3n) is 5.23. The normalized spacial score (nSPS) is 24.7. The van der Waals surface area contributed by atoms with E-state index in [0.29, 0.717) is 18.7 Å². The van der Waals surface area contributed by atoms with Gasteiger partial charge in [-0.2, -0.15) is 0 Å². The molecule has 0 bridgehead atoms. The van der Waals surface area contributed by atoms with Crippen LogP contribution in [0.3, 0.4) is 0 Å². The second kappa shape index (κ2) is 8.31. The van der Waals surface area contributed by atoms with Crippen molar-refractivity contribution in [2.75, 3.05) is 30.4 Å². The Hall–Kier alpha value is -1.05. The van der Waals surface area contributed by atoms with Gasteiger partial charge in [0.2, 0.25) is 5.91 Å². The van der Waals surface area contributed by atoms with Crippen LogP contribution >= 0.6 is 11.8 Å². The summed E-state index contributed by atoms with van der Waals surface area (Å²) in [5, 5.41) is 0. The van der Waals surface area contributed by atoms with E-state index in [9.17, 15) is 13.2 Å². The van der Waals surface area contributed by atoms with E-state index < -0.39 is 9.84 Å². The fourth-order valence-corrected chi connectivity index (χ4v) is 6.13. The Morgan fingerprint density at radius 1 is 1.27 bits per heavy atom. The molecule has 7 heteroatoms. The van der Waals surface area contributed by atoms with E-state index in [0.717, 1.165) is 24.3 Å². The van der Waals surface area contributed by atoms with E-state index in [4.69, 9.17) is 4.74 Å². The van der Waals surface area contributed by atoms with Crippen molar-refractivity contribution < 1.29 is 17.9 Å². The zero-order chi connectivity index (χ0) is 18.7. The number of aryl methyl sites for hydroxylation is 2. The van der Waals surface area contributed by atoms with E-state index in [-0.39, 0.29) is 29.6 Å². The lowest BCUT2D eigenvalue weighted by atomic mass is 10.1. The molecule has 3 rings (SSSR count). The van der Waals surface area contributed by atoms with Gasteiger partial charge in [-0.15, -0.1) is 11.8 Å². The van der Waals surface area contributed by atoms with Crippen LogP contribution in [0, 0.1) is 13.8 Å². The molecule has 2 aliphatic rings. The molecule has 26 heavy (non-hydrogen) atoms. The second-order valence-electron chi connectivity index (χ2n) is 7.27. The predicted octanol–water partition coefficient (Wildman–Crippen LogP) is 2.59. The number of carbonyl (C=O) groups is 1. The quantitative estimate of drug-likeness (QED) is 0.691. The Morgan fingerprint density at radius 2 is 2.08 bits per heavy atom. The molecule has 0 radical (unpaired) electrons. The van der Waals surface area contributed by atoms with Crippen LogP contribution in [0.25, 0.3) is 0 Å². The van der Waals surface area contributed by atoms with E-state index in [1.54, 1.807) is 4.90 Å². The van der Waals surface area contributed by atoms with Crippen LogP contribution < -0.4 is 0 Å². The summed E-state index contributed by atoms with van der Waals surface area (Å²) >= 11 is 1.51. The smallest absolute Gasteiger partial charge is 0.233 e. The molecule has 0 unspecified atom stereocenters. The fraction of sp³-hybridized carbons (Fsp3) is 0.632. The fourth-order valence-electron chi connectivity index (χ4n) is 3.52. The third kappa shape index (κ3) is 5.02. The van der Waals surface area contributed by atoms with Crippen molar-refractivity contribution in [2.24, 2.45) is 0 Å². The van der Waals surface area contributed by atoms with E-state index in [2.05, 4.69) is 26.0 Å². The van der Waals surface area contributed by atoms with Crippen molar-refractivity contribution >= 4 is 27.5 Å². The molecular weight excluding hydrogens is 370 g/mol. The summed E-state index contributed by atoms with van der Waals surface area (Å²) < 4.78 is 29.4. The first-order valence-corrected chi connectivity index (χ1v) is 12.0. The Kier molecular flexibility index (Phi) is 6.30. The molecule has 1 aromatic rings. The van der Waals surface area contributed by atoms with Crippen LogP contribution in [0.15, 0.2) is 23.1 Å². The van der Waals surface area contributed by atoms with Crippen LogP contribution in [0.5, 0.6) is 0 Å². The number of rotatable bonds is 6. The van der Waals surface area contributed by atoms with E-state index in [1.165, 1.54) is 22.9 Å². The first-order valence-electron chi connectivity index (χ1n) is 9.15. The molecule has 144 valence electrons. The highest BCUT2D eigenvalue weighted by Crippen LogP contribution is 2.25. The van der Waals surface area contributed by atoms with Gasteiger partial charge in [-0.25, -0.2) is 8.42 Å². The van der Waals surface area contributed by atoms with Crippen LogP contribution in [-0.2, 0) is 19.4 Å². The number of benzene rings is 1. The van der Waals surface area contributed by atoms with Crippen LogP contribution in [-0.4, -0.2) is 61.8 Å². The molecule has 2 aliphatic heterocycles. The lowest BCUT2D eigenvalue weighted by molar-refractivity contribution is -0.131. The van der Waals surface area contributed by atoms with Gasteiger partial charge in [0.25, 0.3) is 0 Å². The van der Waals surface area contributed by atoms with Gasteiger partial charge >= 0.3 is 0 Å². The molecule has 1 aromatic carbocycles. The summed E-state index contributed by atoms with van der Waals surface area (Å²) in [6, 6.07) is 5.98. The van der Waals surface area contributed by atoms with Gasteiger partial charge in [0.05, 0.1) is 23.4 Å². The highest BCUT2D eigenvalue weighted by molar-refractivity contribution is 8.00. The molecule has 0 spiro atoms. The van der Waals surface area contributed by atoms with Crippen molar-refractivity contribution in [3.8, 4) is 0 Å². The van der Waals surface area contributed by atoms with Crippen LogP contribution in [0.1, 0.15) is 30.4 Å². The van der Waals surface area contributed by atoms with Gasteiger partial charge in [-0.3, -0.25) is 4.79 Å². The molecule has 0 aliphatic carbocycles. The molecule has 0 aromatic heterocycles. The van der Waals surface area contributed by atoms with Crippen molar-refractivity contribution in [2.45, 2.75) is 50.2 Å². The summed E-state index contributed by atoms with van der Waals surface area (Å²) in [5.74, 6) is 0.592. The number of sulfone groups is 1. The summed E-state index contributed by atoms with van der Waals surface area (Å²) in [4.78, 5) is 15.7. The van der Waals surface area contributed by atoms with Gasteiger partial charge in [-0.05, 0) is 56.4 Å². The average molecular weight is 398 g/mol. The molecule has 5 nitrogen and oxygen atoms in total. The van der Waals surface area contributed by atoms with Gasteiger partial charge in [0.15, 0.2) is 9.84 Å². The average Bonchev–Trinajstić information content (AvgIpc) is 3.22. The van der Waals surface area contributed by atoms with Crippen molar-refractivity contribution in [3.05, 3.63) is 29.3 Å². The summed E-state index contributed by atoms with van der Waals surface area (Å²) in [7, 11) is -3.03. The third-order valence-corrected chi connectivity index (χ3v) is 7.96. The SMILES string of the molecule is Cc1ccc(SCC(=O)N(C[C@H]2CCCO2)[C@@H]2CCS(=O)(=O)C2)cc1C. The zero-order valence-corrected chi connectivity index (χ0v) is 17.1. The summed E-state index contributed by atoms with van der Waals surface area (Å²) in [6.07, 6.45) is 2.52. The monoisotopic (exact) mass is 397 g/mol. The largest absolute Gasteiger partial charge is 0.376 e. The van der Waals surface area contributed by atoms with E-state index >= 15 is 0 Å². The minimum Gasteiger partial charge on any atom is -0.376 e. The summed E-state index contributed by atoms with van der Waals surface area (Å²) in [6.45, 7) is 5.37. The van der Waals surface area contributed by atoms with Crippen molar-refractivity contribution in [3.63, 3.8) is 0 Å². The van der Waals surface area contributed by atoms with Gasteiger partial charge in [0, 0.05) is 24.1 Å². The highest BCUT2D eigenvalue weighted by Gasteiger charge is 2.36. The molecular formula is C19H27NO4S2. The first kappa shape index (κ1) is 19.7. The maximum atomic E-state index is 12.9. The lowest BCUT2D eigenvalue weighted by Crippen LogP contribution is -2.46. The second-order valence-corrected chi connectivity index (χ2v) is 10.6. The van der Waals surface area contributed by atoms with Crippen molar-refractivity contribution in [1.82, 2.24) is 4.90 Å². The first-order chi connectivity index (χ1) is 12.3. The van der Waals surface area contributed by atoms with Crippen LogP contribution in [0.2, 0.25) is 0 Å². The van der Waals surface area contributed by atoms with Gasteiger partial charge in [0.1, 0.15) is 0 Å². The minimum atomic E-state index is -3.03. The molecule has 2 fully saturated rings. The van der Waals surface area contributed by atoms with Crippen molar-refractivity contribution in [1.29, 1.82) is 0 Å².